The molecule has 9 heteroatoms. The van der Waals surface area contributed by atoms with E-state index in [2.05, 4.69) is 5.32 Å². The number of sulfonamides is 1. The van der Waals surface area contributed by atoms with Crippen molar-refractivity contribution >= 4 is 21.8 Å². The second-order valence-corrected chi connectivity index (χ2v) is 8.25. The molecule has 1 aliphatic heterocycles. The normalized spacial score (nSPS) is 14.4. The van der Waals surface area contributed by atoms with Gasteiger partial charge in [-0.05, 0) is 36.2 Å². The lowest BCUT2D eigenvalue weighted by atomic mass is 10.1. The first kappa shape index (κ1) is 20.7. The Kier molecular flexibility index (Phi) is 6.07. The third kappa shape index (κ3) is 4.19. The van der Waals surface area contributed by atoms with Crippen molar-refractivity contribution in [1.82, 2.24) is 9.62 Å². The van der Waals surface area contributed by atoms with Crippen molar-refractivity contribution in [2.45, 2.75) is 17.7 Å². The van der Waals surface area contributed by atoms with E-state index in [1.165, 1.54) is 12.1 Å². The number of benzene rings is 2. The quantitative estimate of drug-likeness (QED) is 0.699. The lowest BCUT2D eigenvalue weighted by Gasteiger charge is -2.15. The summed E-state index contributed by atoms with van der Waals surface area (Å²) in [7, 11) is -0.783. The second-order valence-electron chi connectivity index (χ2n) is 6.42. The van der Waals surface area contributed by atoms with E-state index in [0.29, 0.717) is 24.5 Å². The van der Waals surface area contributed by atoms with Crippen molar-refractivity contribution in [2.24, 2.45) is 0 Å². The standard InChI is InChI=1S/C20H22N2O6S/c1-27-16-8-7-14(13-17(16)28-2)9-11-21-19(23)10-12-22-20(24)15-5-3-4-6-18(15)29(22,25)26/h3-8,13H,9-12H2,1-2H3,(H,21,23). The van der Waals surface area contributed by atoms with Crippen molar-refractivity contribution in [3.05, 3.63) is 53.6 Å². The van der Waals surface area contributed by atoms with Gasteiger partial charge in [-0.2, -0.15) is 0 Å². The maximum atomic E-state index is 12.5. The molecule has 154 valence electrons. The number of hydrogen-bond donors (Lipinski definition) is 1. The van der Waals surface area contributed by atoms with Crippen LogP contribution in [-0.2, 0) is 21.2 Å². The third-order valence-electron chi connectivity index (χ3n) is 4.64. The number of hydrogen-bond acceptors (Lipinski definition) is 6. The van der Waals surface area contributed by atoms with Gasteiger partial charge in [-0.1, -0.05) is 18.2 Å². The summed E-state index contributed by atoms with van der Waals surface area (Å²) in [5, 5.41) is 2.74. The number of fused-ring (bicyclic) bond motifs is 1. The minimum Gasteiger partial charge on any atom is -0.493 e. The van der Waals surface area contributed by atoms with Crippen LogP contribution < -0.4 is 14.8 Å². The molecule has 0 atom stereocenters. The van der Waals surface area contributed by atoms with E-state index in [1.807, 2.05) is 12.1 Å². The van der Waals surface area contributed by atoms with Gasteiger partial charge in [0.2, 0.25) is 5.91 Å². The molecular weight excluding hydrogens is 396 g/mol. The zero-order valence-corrected chi connectivity index (χ0v) is 17.0. The van der Waals surface area contributed by atoms with E-state index in [9.17, 15) is 18.0 Å². The monoisotopic (exact) mass is 418 g/mol. The molecule has 0 fully saturated rings. The van der Waals surface area contributed by atoms with Gasteiger partial charge in [-0.25, -0.2) is 12.7 Å². The summed E-state index contributed by atoms with van der Waals surface area (Å²) in [5.41, 5.74) is 1.09. The largest absolute Gasteiger partial charge is 0.493 e. The lowest BCUT2D eigenvalue weighted by Crippen LogP contribution is -2.35. The molecule has 8 nitrogen and oxygen atoms in total. The summed E-state index contributed by atoms with van der Waals surface area (Å²) < 4.78 is 36.1. The first-order valence-electron chi connectivity index (χ1n) is 9.02. The fourth-order valence-electron chi connectivity index (χ4n) is 3.13. The molecular formula is C20H22N2O6S. The number of ether oxygens (including phenoxy) is 2. The molecule has 3 rings (SSSR count). The molecule has 29 heavy (non-hydrogen) atoms. The fourth-order valence-corrected chi connectivity index (χ4v) is 4.70. The Morgan fingerprint density at radius 3 is 2.48 bits per heavy atom. The Morgan fingerprint density at radius 1 is 1.07 bits per heavy atom. The maximum absolute atomic E-state index is 12.5. The van der Waals surface area contributed by atoms with Crippen LogP contribution in [0.2, 0.25) is 0 Å². The molecule has 0 saturated heterocycles. The van der Waals surface area contributed by atoms with Crippen LogP contribution in [-0.4, -0.2) is 51.8 Å². The van der Waals surface area contributed by atoms with Crippen molar-refractivity contribution in [2.75, 3.05) is 27.3 Å². The summed E-state index contributed by atoms with van der Waals surface area (Å²) in [6.45, 7) is 0.174. The molecule has 2 aromatic carbocycles. The van der Waals surface area contributed by atoms with Gasteiger partial charge >= 0.3 is 0 Å². The molecule has 2 amide bonds. The summed E-state index contributed by atoms with van der Waals surface area (Å²) in [5.74, 6) is 0.301. The molecule has 1 aliphatic rings. The SMILES string of the molecule is COc1ccc(CCNC(=O)CCN2C(=O)c3ccccc3S2(=O)=O)cc1OC. The van der Waals surface area contributed by atoms with Crippen molar-refractivity contribution in [3.8, 4) is 11.5 Å². The number of nitrogens with one attached hydrogen (secondary N) is 1. The van der Waals surface area contributed by atoms with E-state index in [1.54, 1.807) is 32.4 Å². The van der Waals surface area contributed by atoms with Crippen LogP contribution in [0.25, 0.3) is 0 Å². The third-order valence-corrected chi connectivity index (χ3v) is 6.48. The molecule has 0 aromatic heterocycles. The Hall–Kier alpha value is -3.07. The molecule has 0 saturated carbocycles. The van der Waals surface area contributed by atoms with Crippen LogP contribution >= 0.6 is 0 Å². The van der Waals surface area contributed by atoms with E-state index >= 15 is 0 Å². The number of nitrogens with zero attached hydrogens (tertiary/aromatic N) is 1. The molecule has 0 radical (unpaired) electrons. The first-order chi connectivity index (χ1) is 13.9. The van der Waals surface area contributed by atoms with Gasteiger partial charge in [0.05, 0.1) is 19.8 Å². The molecule has 0 spiro atoms. The number of carbonyl (C=O) groups excluding carboxylic acids is 2. The maximum Gasteiger partial charge on any atom is 0.269 e. The average Bonchev–Trinajstić information content (AvgIpc) is 2.92. The number of carbonyl (C=O) groups is 2. The Bertz CT molecular complexity index is 1040. The van der Waals surface area contributed by atoms with Crippen LogP contribution in [0.4, 0.5) is 0 Å². The number of rotatable bonds is 8. The van der Waals surface area contributed by atoms with E-state index in [-0.39, 0.29) is 29.3 Å². The van der Waals surface area contributed by atoms with Gasteiger partial charge in [0.25, 0.3) is 15.9 Å². The fraction of sp³-hybridized carbons (Fsp3) is 0.300. The van der Waals surface area contributed by atoms with E-state index < -0.39 is 15.9 Å². The minimum atomic E-state index is -3.89. The van der Waals surface area contributed by atoms with Crippen molar-refractivity contribution in [3.63, 3.8) is 0 Å². The van der Waals surface area contributed by atoms with Crippen LogP contribution in [0, 0.1) is 0 Å². The highest BCUT2D eigenvalue weighted by atomic mass is 32.2. The molecule has 1 heterocycles. The number of amides is 2. The van der Waals surface area contributed by atoms with Gasteiger partial charge in [0, 0.05) is 19.5 Å². The van der Waals surface area contributed by atoms with E-state index in [4.69, 9.17) is 9.47 Å². The highest BCUT2D eigenvalue weighted by molar-refractivity contribution is 7.90. The highest BCUT2D eigenvalue weighted by Gasteiger charge is 2.40. The lowest BCUT2D eigenvalue weighted by molar-refractivity contribution is -0.121. The Balaban J connectivity index is 1.52. The zero-order valence-electron chi connectivity index (χ0n) is 16.2. The molecule has 0 unspecified atom stereocenters. The van der Waals surface area contributed by atoms with Crippen molar-refractivity contribution in [1.29, 1.82) is 0 Å². The second kappa shape index (κ2) is 8.52. The van der Waals surface area contributed by atoms with Gasteiger partial charge in [-0.3, -0.25) is 9.59 Å². The molecule has 0 aliphatic carbocycles. The first-order valence-corrected chi connectivity index (χ1v) is 10.5. The smallest absolute Gasteiger partial charge is 0.269 e. The minimum absolute atomic E-state index is 0.0149. The van der Waals surface area contributed by atoms with Gasteiger partial charge in [-0.15, -0.1) is 0 Å². The van der Waals surface area contributed by atoms with Crippen LogP contribution in [0.1, 0.15) is 22.3 Å². The topological polar surface area (TPSA) is 102 Å². The van der Waals surface area contributed by atoms with Crippen LogP contribution in [0.15, 0.2) is 47.4 Å². The summed E-state index contributed by atoms with van der Waals surface area (Å²) >= 11 is 0. The van der Waals surface area contributed by atoms with Gasteiger partial charge < -0.3 is 14.8 Å². The van der Waals surface area contributed by atoms with E-state index in [0.717, 1.165) is 9.87 Å². The summed E-state index contributed by atoms with van der Waals surface area (Å²) in [6, 6.07) is 11.5. The molecule has 2 aromatic rings. The van der Waals surface area contributed by atoms with Crippen LogP contribution in [0.5, 0.6) is 11.5 Å². The predicted octanol–water partition coefficient (Wildman–Crippen LogP) is 1.60. The molecule has 0 bridgehead atoms. The van der Waals surface area contributed by atoms with Gasteiger partial charge in [0.1, 0.15) is 4.90 Å². The zero-order chi connectivity index (χ0) is 21.0. The highest BCUT2D eigenvalue weighted by Crippen LogP contribution is 2.30. The molecule has 1 N–H and O–H groups in total. The number of methoxy groups -OCH3 is 2. The summed E-state index contributed by atoms with van der Waals surface area (Å²) in [6.07, 6.45) is 0.462. The van der Waals surface area contributed by atoms with Crippen LogP contribution in [0.3, 0.4) is 0 Å². The summed E-state index contributed by atoms with van der Waals surface area (Å²) in [4.78, 5) is 24.4. The predicted molar refractivity (Wildman–Crippen MR) is 106 cm³/mol. The van der Waals surface area contributed by atoms with Crippen molar-refractivity contribution < 1.29 is 27.5 Å². The average molecular weight is 418 g/mol. The van der Waals surface area contributed by atoms with Gasteiger partial charge in [0.15, 0.2) is 11.5 Å². The Morgan fingerprint density at radius 2 is 1.79 bits per heavy atom. The Labute approximate surface area is 169 Å².